The van der Waals surface area contributed by atoms with Crippen LogP contribution in [-0.2, 0) is 4.74 Å². The van der Waals surface area contributed by atoms with Crippen molar-refractivity contribution in [1.82, 2.24) is 5.43 Å². The second kappa shape index (κ2) is 12.2. The molecule has 0 saturated heterocycles. The highest BCUT2D eigenvalue weighted by molar-refractivity contribution is 6.34. The van der Waals surface area contributed by atoms with Crippen LogP contribution < -0.4 is 16.2 Å². The molecule has 0 aliphatic carbocycles. The zero-order chi connectivity index (χ0) is 18.7. The molecule has 0 radical (unpaired) electrons. The Balaban J connectivity index is 2.92. The summed E-state index contributed by atoms with van der Waals surface area (Å²) in [6, 6.07) is 3.19. The Morgan fingerprint density at radius 3 is 2.64 bits per heavy atom. The lowest BCUT2D eigenvalue weighted by atomic mass is 10.1. The standard InChI is InChI=1S/C16H25Cl2N3O4/c1-25-16(24)12-4-5-13(18)15(14(12)19-7-2-3-8-22)21-20-10-11(17)6-9-23/h4-5,11,19-23H,2-3,6-10H2,1H3. The molecule has 1 rings (SSSR count). The lowest BCUT2D eigenvalue weighted by molar-refractivity contribution is 0.0602. The largest absolute Gasteiger partial charge is 0.465 e. The van der Waals surface area contributed by atoms with Crippen molar-refractivity contribution in [2.75, 3.05) is 44.2 Å². The Hall–Kier alpha value is -1.25. The third-order valence-corrected chi connectivity index (χ3v) is 4.11. The predicted octanol–water partition coefficient (Wildman–Crippen LogP) is 2.22. The normalized spacial score (nSPS) is 11.9. The monoisotopic (exact) mass is 393 g/mol. The fraction of sp³-hybridized carbons (Fsp3) is 0.562. The fourth-order valence-corrected chi connectivity index (χ4v) is 2.49. The van der Waals surface area contributed by atoms with Crippen molar-refractivity contribution >= 4 is 40.5 Å². The SMILES string of the molecule is COC(=O)c1ccc(Cl)c(NNCC(Cl)CCO)c1NCCCCO. The van der Waals surface area contributed by atoms with E-state index in [1.807, 2.05) is 0 Å². The van der Waals surface area contributed by atoms with E-state index in [2.05, 4.69) is 16.2 Å². The van der Waals surface area contributed by atoms with Gasteiger partial charge in [0.05, 0.1) is 34.4 Å². The molecule has 0 spiro atoms. The van der Waals surface area contributed by atoms with E-state index in [1.54, 1.807) is 12.1 Å². The summed E-state index contributed by atoms with van der Waals surface area (Å²) < 4.78 is 4.81. The zero-order valence-electron chi connectivity index (χ0n) is 14.1. The molecule has 0 aliphatic rings. The first kappa shape index (κ1) is 21.8. The first-order chi connectivity index (χ1) is 12.0. The van der Waals surface area contributed by atoms with E-state index in [4.69, 9.17) is 38.2 Å². The Morgan fingerprint density at radius 1 is 1.24 bits per heavy atom. The highest BCUT2D eigenvalue weighted by atomic mass is 35.5. The highest BCUT2D eigenvalue weighted by Crippen LogP contribution is 2.34. The van der Waals surface area contributed by atoms with Crippen LogP contribution in [0.1, 0.15) is 29.6 Å². The van der Waals surface area contributed by atoms with Gasteiger partial charge < -0.3 is 25.7 Å². The van der Waals surface area contributed by atoms with E-state index in [9.17, 15) is 4.79 Å². The van der Waals surface area contributed by atoms with Crippen LogP contribution >= 0.6 is 23.2 Å². The van der Waals surface area contributed by atoms with Crippen LogP contribution in [-0.4, -0.2) is 55.0 Å². The third-order valence-electron chi connectivity index (χ3n) is 3.43. The van der Waals surface area contributed by atoms with Crippen LogP contribution in [0, 0.1) is 0 Å². The molecule has 0 amide bonds. The van der Waals surface area contributed by atoms with Gasteiger partial charge in [0.25, 0.3) is 0 Å². The average Bonchev–Trinajstić information content (AvgIpc) is 2.60. The molecule has 0 heterocycles. The minimum absolute atomic E-state index is 0.00604. The Morgan fingerprint density at radius 2 is 2.00 bits per heavy atom. The Kier molecular flexibility index (Phi) is 10.6. The smallest absolute Gasteiger partial charge is 0.340 e. The molecule has 142 valence electrons. The van der Waals surface area contributed by atoms with Crippen LogP contribution in [0.2, 0.25) is 5.02 Å². The molecule has 25 heavy (non-hydrogen) atoms. The molecule has 0 saturated carbocycles. The van der Waals surface area contributed by atoms with Gasteiger partial charge in [-0.15, -0.1) is 11.6 Å². The molecular weight excluding hydrogens is 369 g/mol. The maximum atomic E-state index is 12.0. The summed E-state index contributed by atoms with van der Waals surface area (Å²) in [5.74, 6) is -0.486. The van der Waals surface area contributed by atoms with Crippen molar-refractivity contribution in [3.63, 3.8) is 0 Å². The molecule has 0 aromatic heterocycles. The number of anilines is 2. The number of halogens is 2. The number of benzene rings is 1. The number of methoxy groups -OCH3 is 1. The number of aliphatic hydroxyl groups excluding tert-OH is 2. The van der Waals surface area contributed by atoms with E-state index < -0.39 is 5.97 Å². The predicted molar refractivity (Wildman–Crippen MR) is 101 cm³/mol. The first-order valence-corrected chi connectivity index (χ1v) is 8.85. The minimum Gasteiger partial charge on any atom is -0.465 e. The van der Waals surface area contributed by atoms with Crippen molar-refractivity contribution in [3.8, 4) is 0 Å². The molecule has 1 aromatic rings. The van der Waals surface area contributed by atoms with Gasteiger partial charge in [0.1, 0.15) is 0 Å². The Bertz CT molecular complexity index is 546. The molecule has 1 atom stereocenters. The van der Waals surface area contributed by atoms with E-state index in [1.165, 1.54) is 7.11 Å². The Labute approximate surface area is 157 Å². The maximum absolute atomic E-state index is 12.0. The number of hydrogen-bond donors (Lipinski definition) is 5. The minimum atomic E-state index is -0.486. The summed E-state index contributed by atoms with van der Waals surface area (Å²) in [7, 11) is 1.31. The number of carbonyl (C=O) groups is 1. The molecule has 0 fully saturated rings. The highest BCUT2D eigenvalue weighted by Gasteiger charge is 2.18. The van der Waals surface area contributed by atoms with Crippen molar-refractivity contribution in [3.05, 3.63) is 22.7 Å². The van der Waals surface area contributed by atoms with Gasteiger partial charge in [0.15, 0.2) is 0 Å². The molecule has 0 aliphatic heterocycles. The fourth-order valence-electron chi connectivity index (χ4n) is 2.11. The molecule has 1 unspecified atom stereocenters. The van der Waals surface area contributed by atoms with Crippen molar-refractivity contribution in [2.45, 2.75) is 24.6 Å². The van der Waals surface area contributed by atoms with Crippen molar-refractivity contribution in [2.24, 2.45) is 0 Å². The number of aliphatic hydroxyl groups is 2. The van der Waals surface area contributed by atoms with Crippen LogP contribution in [0.3, 0.4) is 0 Å². The number of rotatable bonds is 12. The molecular formula is C16H25Cl2N3O4. The van der Waals surface area contributed by atoms with E-state index in [0.29, 0.717) is 47.9 Å². The summed E-state index contributed by atoms with van der Waals surface area (Å²) >= 11 is 12.3. The number of unbranched alkanes of at least 4 members (excludes halogenated alkanes) is 1. The lowest BCUT2D eigenvalue weighted by Gasteiger charge is -2.19. The number of alkyl halides is 1. The number of ether oxygens (including phenoxy) is 1. The number of esters is 1. The van der Waals surface area contributed by atoms with Crippen LogP contribution in [0.5, 0.6) is 0 Å². The summed E-state index contributed by atoms with van der Waals surface area (Å²) in [5.41, 5.74) is 7.27. The van der Waals surface area contributed by atoms with Gasteiger partial charge in [-0.3, -0.25) is 0 Å². The summed E-state index contributed by atoms with van der Waals surface area (Å²) in [5, 5.41) is 21.1. The van der Waals surface area contributed by atoms with Gasteiger partial charge in [-0.1, -0.05) is 11.6 Å². The molecule has 9 heteroatoms. The quantitative estimate of drug-likeness (QED) is 0.160. The van der Waals surface area contributed by atoms with E-state index in [0.717, 1.165) is 6.42 Å². The van der Waals surface area contributed by atoms with Gasteiger partial charge in [-0.05, 0) is 31.4 Å². The second-order valence-corrected chi connectivity index (χ2v) is 6.33. The number of carbonyl (C=O) groups excluding carboxylic acids is 1. The molecule has 7 nitrogen and oxygen atoms in total. The second-order valence-electron chi connectivity index (χ2n) is 5.31. The average molecular weight is 394 g/mol. The summed E-state index contributed by atoms with van der Waals surface area (Å²) in [6.07, 6.45) is 1.84. The van der Waals surface area contributed by atoms with Crippen LogP contribution in [0.4, 0.5) is 11.4 Å². The molecule has 5 N–H and O–H groups in total. The van der Waals surface area contributed by atoms with Crippen LogP contribution in [0.25, 0.3) is 0 Å². The summed E-state index contributed by atoms with van der Waals surface area (Å²) in [4.78, 5) is 12.0. The van der Waals surface area contributed by atoms with Gasteiger partial charge in [-0.2, -0.15) is 0 Å². The first-order valence-electron chi connectivity index (χ1n) is 8.04. The maximum Gasteiger partial charge on any atom is 0.340 e. The molecule has 1 aromatic carbocycles. The van der Waals surface area contributed by atoms with Gasteiger partial charge in [0.2, 0.25) is 0 Å². The summed E-state index contributed by atoms with van der Waals surface area (Å²) in [6.45, 7) is 1.06. The lowest BCUT2D eigenvalue weighted by Crippen LogP contribution is -2.30. The number of hydrogen-bond acceptors (Lipinski definition) is 7. The van der Waals surface area contributed by atoms with Crippen LogP contribution in [0.15, 0.2) is 12.1 Å². The van der Waals surface area contributed by atoms with E-state index >= 15 is 0 Å². The number of nitrogens with one attached hydrogen (secondary N) is 3. The van der Waals surface area contributed by atoms with Gasteiger partial charge >= 0.3 is 5.97 Å². The topological polar surface area (TPSA) is 103 Å². The van der Waals surface area contributed by atoms with Crippen molar-refractivity contribution in [1.29, 1.82) is 0 Å². The van der Waals surface area contributed by atoms with Crippen molar-refractivity contribution < 1.29 is 19.7 Å². The zero-order valence-corrected chi connectivity index (χ0v) is 15.7. The van der Waals surface area contributed by atoms with Gasteiger partial charge in [-0.25, -0.2) is 10.2 Å². The van der Waals surface area contributed by atoms with E-state index in [-0.39, 0.29) is 18.6 Å². The third kappa shape index (κ3) is 7.25. The number of hydrazine groups is 1. The van der Waals surface area contributed by atoms with Gasteiger partial charge in [0, 0.05) is 26.3 Å². The molecule has 0 bridgehead atoms.